The van der Waals surface area contributed by atoms with E-state index < -0.39 is 4.92 Å². The van der Waals surface area contributed by atoms with Gasteiger partial charge in [-0.25, -0.2) is 4.98 Å². The molecule has 0 radical (unpaired) electrons. The Hall–Kier alpha value is -1.89. The normalized spacial score (nSPS) is 20.5. The maximum atomic E-state index is 11.1. The van der Waals surface area contributed by atoms with Crippen LogP contribution >= 0.6 is 0 Å². The molecule has 0 saturated carbocycles. The van der Waals surface area contributed by atoms with E-state index in [1.807, 2.05) is 4.90 Å². The van der Waals surface area contributed by atoms with Gasteiger partial charge in [0, 0.05) is 31.7 Å². The van der Waals surface area contributed by atoms with Gasteiger partial charge in [0.25, 0.3) is 0 Å². The van der Waals surface area contributed by atoms with Crippen LogP contribution in [0.3, 0.4) is 0 Å². The summed E-state index contributed by atoms with van der Waals surface area (Å²) in [5.74, 6) is 0.693. The third-order valence-corrected chi connectivity index (χ3v) is 3.54. The number of nitro groups is 1. The molecular weight excluding hydrogens is 246 g/mol. The first-order chi connectivity index (χ1) is 9.02. The quantitative estimate of drug-likeness (QED) is 0.650. The summed E-state index contributed by atoms with van der Waals surface area (Å²) in [7, 11) is 0. The Kier molecular flexibility index (Phi) is 3.84. The van der Waals surface area contributed by atoms with Crippen molar-refractivity contribution in [1.82, 2.24) is 9.88 Å². The molecule has 0 aromatic carbocycles. The standard InChI is InChI=1S/C12H19N5O2/c1-3-15-6-7-16(8-9(15)2)12-10(17(18)19)4-5-11(13)14-12/h4-5,9H,3,6-8H2,1-2H3,(H2,13,14). The molecule has 0 aliphatic carbocycles. The largest absolute Gasteiger partial charge is 0.384 e. The van der Waals surface area contributed by atoms with Crippen molar-refractivity contribution < 1.29 is 4.92 Å². The number of likely N-dealkylation sites (N-methyl/N-ethyl adjacent to an activating group) is 1. The van der Waals surface area contributed by atoms with Crippen molar-refractivity contribution in [3.8, 4) is 0 Å². The van der Waals surface area contributed by atoms with Crippen LogP contribution in [-0.4, -0.2) is 47.0 Å². The topological polar surface area (TPSA) is 88.5 Å². The lowest BCUT2D eigenvalue weighted by molar-refractivity contribution is -0.384. The molecule has 1 unspecified atom stereocenters. The van der Waals surface area contributed by atoms with Crippen LogP contribution in [0.5, 0.6) is 0 Å². The van der Waals surface area contributed by atoms with Gasteiger partial charge in [0.15, 0.2) is 0 Å². The molecule has 2 N–H and O–H groups in total. The van der Waals surface area contributed by atoms with Gasteiger partial charge in [0.2, 0.25) is 5.82 Å². The lowest BCUT2D eigenvalue weighted by Crippen LogP contribution is -2.52. The smallest absolute Gasteiger partial charge is 0.311 e. The highest BCUT2D eigenvalue weighted by Crippen LogP contribution is 2.28. The first kappa shape index (κ1) is 13.5. The average molecular weight is 265 g/mol. The number of hydrogen-bond donors (Lipinski definition) is 1. The molecule has 7 heteroatoms. The highest BCUT2D eigenvalue weighted by atomic mass is 16.6. The molecule has 7 nitrogen and oxygen atoms in total. The van der Waals surface area contributed by atoms with E-state index in [1.54, 1.807) is 0 Å². The van der Waals surface area contributed by atoms with Gasteiger partial charge in [-0.3, -0.25) is 15.0 Å². The number of nitrogen functional groups attached to an aromatic ring is 1. The lowest BCUT2D eigenvalue weighted by Gasteiger charge is -2.39. The van der Waals surface area contributed by atoms with Crippen molar-refractivity contribution in [2.24, 2.45) is 0 Å². The summed E-state index contributed by atoms with van der Waals surface area (Å²) in [6.45, 7) is 7.56. The molecule has 0 bridgehead atoms. The Morgan fingerprint density at radius 3 is 2.84 bits per heavy atom. The predicted octanol–water partition coefficient (Wildman–Crippen LogP) is 1.10. The fraction of sp³-hybridized carbons (Fsp3) is 0.583. The van der Waals surface area contributed by atoms with Gasteiger partial charge in [-0.05, 0) is 19.5 Å². The predicted molar refractivity (Wildman–Crippen MR) is 74.2 cm³/mol. The zero-order valence-corrected chi connectivity index (χ0v) is 11.2. The summed E-state index contributed by atoms with van der Waals surface area (Å²) in [6, 6.07) is 3.24. The van der Waals surface area contributed by atoms with Crippen LogP contribution in [0.4, 0.5) is 17.3 Å². The van der Waals surface area contributed by atoms with Gasteiger partial charge in [-0.2, -0.15) is 0 Å². The SMILES string of the molecule is CCN1CCN(c2nc(N)ccc2[N+](=O)[O-])CC1C. The van der Waals surface area contributed by atoms with Gasteiger partial charge < -0.3 is 10.6 Å². The Morgan fingerprint density at radius 1 is 1.53 bits per heavy atom. The molecule has 1 atom stereocenters. The minimum atomic E-state index is -0.404. The molecular formula is C12H19N5O2. The van der Waals surface area contributed by atoms with Crippen LogP contribution in [-0.2, 0) is 0 Å². The molecule has 19 heavy (non-hydrogen) atoms. The van der Waals surface area contributed by atoms with Gasteiger partial charge >= 0.3 is 5.69 Å². The monoisotopic (exact) mass is 265 g/mol. The van der Waals surface area contributed by atoms with Crippen molar-refractivity contribution in [2.75, 3.05) is 36.8 Å². The number of aromatic nitrogens is 1. The van der Waals surface area contributed by atoms with E-state index in [0.717, 1.165) is 26.2 Å². The fourth-order valence-corrected chi connectivity index (χ4v) is 2.49. The number of piperazine rings is 1. The summed E-state index contributed by atoms with van der Waals surface area (Å²) >= 11 is 0. The van der Waals surface area contributed by atoms with Crippen LogP contribution < -0.4 is 10.6 Å². The van der Waals surface area contributed by atoms with Crippen LogP contribution in [0.25, 0.3) is 0 Å². The third kappa shape index (κ3) is 2.76. The Labute approximate surface area is 112 Å². The molecule has 1 aliphatic heterocycles. The third-order valence-electron chi connectivity index (χ3n) is 3.54. The van der Waals surface area contributed by atoms with Crippen molar-refractivity contribution in [3.05, 3.63) is 22.2 Å². The summed E-state index contributed by atoms with van der Waals surface area (Å²) in [5.41, 5.74) is 5.67. The molecule has 0 spiro atoms. The fourth-order valence-electron chi connectivity index (χ4n) is 2.49. The molecule has 1 aliphatic rings. The van der Waals surface area contributed by atoms with E-state index in [-0.39, 0.29) is 5.69 Å². The van der Waals surface area contributed by atoms with Gasteiger partial charge in [-0.1, -0.05) is 6.92 Å². The van der Waals surface area contributed by atoms with Crippen LogP contribution in [0.2, 0.25) is 0 Å². The highest BCUT2D eigenvalue weighted by Gasteiger charge is 2.28. The summed E-state index contributed by atoms with van der Waals surface area (Å²) < 4.78 is 0. The Balaban J connectivity index is 2.27. The number of hydrogen-bond acceptors (Lipinski definition) is 6. The number of rotatable bonds is 3. The molecule has 104 valence electrons. The zero-order chi connectivity index (χ0) is 14.0. The Morgan fingerprint density at radius 2 is 2.26 bits per heavy atom. The summed E-state index contributed by atoms with van der Waals surface area (Å²) in [4.78, 5) is 19.1. The van der Waals surface area contributed by atoms with E-state index >= 15 is 0 Å². The second-order valence-corrected chi connectivity index (χ2v) is 4.76. The van der Waals surface area contributed by atoms with Crippen molar-refractivity contribution in [2.45, 2.75) is 19.9 Å². The number of nitrogens with two attached hydrogens (primary N) is 1. The molecule has 1 fully saturated rings. The lowest BCUT2D eigenvalue weighted by atomic mass is 10.2. The van der Waals surface area contributed by atoms with E-state index in [2.05, 4.69) is 23.7 Å². The summed E-state index contributed by atoms with van der Waals surface area (Å²) in [6.07, 6.45) is 0. The molecule has 2 rings (SSSR count). The minimum absolute atomic E-state index is 0.0198. The molecule has 1 saturated heterocycles. The van der Waals surface area contributed by atoms with E-state index in [1.165, 1.54) is 12.1 Å². The van der Waals surface area contributed by atoms with Crippen molar-refractivity contribution in [3.63, 3.8) is 0 Å². The van der Waals surface area contributed by atoms with Crippen molar-refractivity contribution >= 4 is 17.3 Å². The number of pyridine rings is 1. The zero-order valence-electron chi connectivity index (χ0n) is 11.2. The second kappa shape index (κ2) is 5.40. The van der Waals surface area contributed by atoms with E-state index in [4.69, 9.17) is 5.73 Å². The Bertz CT molecular complexity index is 479. The maximum absolute atomic E-state index is 11.1. The number of nitrogens with zero attached hydrogens (tertiary/aromatic N) is 4. The molecule has 0 amide bonds. The first-order valence-electron chi connectivity index (χ1n) is 6.42. The molecule has 2 heterocycles. The second-order valence-electron chi connectivity index (χ2n) is 4.76. The van der Waals surface area contributed by atoms with Gasteiger partial charge in [0.05, 0.1) is 4.92 Å². The van der Waals surface area contributed by atoms with Crippen molar-refractivity contribution in [1.29, 1.82) is 0 Å². The molecule has 1 aromatic heterocycles. The number of anilines is 2. The van der Waals surface area contributed by atoms with Gasteiger partial charge in [-0.15, -0.1) is 0 Å². The maximum Gasteiger partial charge on any atom is 0.311 e. The average Bonchev–Trinajstić information content (AvgIpc) is 2.38. The van der Waals surface area contributed by atoms with E-state index in [9.17, 15) is 10.1 Å². The van der Waals surface area contributed by atoms with Gasteiger partial charge in [0.1, 0.15) is 5.82 Å². The first-order valence-corrected chi connectivity index (χ1v) is 6.42. The van der Waals surface area contributed by atoms with E-state index in [0.29, 0.717) is 17.7 Å². The minimum Gasteiger partial charge on any atom is -0.384 e. The molecule has 1 aromatic rings. The summed E-state index contributed by atoms with van der Waals surface area (Å²) in [5, 5.41) is 11.1. The highest BCUT2D eigenvalue weighted by molar-refractivity contribution is 5.61. The van der Waals surface area contributed by atoms with Crippen LogP contribution in [0.15, 0.2) is 12.1 Å². The van der Waals surface area contributed by atoms with Crippen LogP contribution in [0.1, 0.15) is 13.8 Å². The van der Waals surface area contributed by atoms with Crippen LogP contribution in [0, 0.1) is 10.1 Å².